The first-order chi connectivity index (χ1) is 13.2. The van der Waals surface area contributed by atoms with E-state index >= 15 is 0 Å². The van der Waals surface area contributed by atoms with Gasteiger partial charge in [0.2, 0.25) is 0 Å². The Morgan fingerprint density at radius 1 is 1.30 bits per heavy atom. The highest BCUT2D eigenvalue weighted by atomic mass is 16.5. The molecule has 0 radical (unpaired) electrons. The number of pyridine rings is 1. The van der Waals surface area contributed by atoms with E-state index in [1.807, 2.05) is 6.08 Å². The molecule has 4 rings (SSSR count). The van der Waals surface area contributed by atoms with E-state index in [1.54, 1.807) is 18.3 Å². The summed E-state index contributed by atoms with van der Waals surface area (Å²) in [5.74, 6) is 0.509. The first-order valence-corrected chi connectivity index (χ1v) is 9.47. The van der Waals surface area contributed by atoms with Crippen LogP contribution in [0.5, 0.6) is 5.75 Å². The molecule has 1 aromatic carbocycles. The van der Waals surface area contributed by atoms with Crippen LogP contribution in [0.3, 0.4) is 0 Å². The van der Waals surface area contributed by atoms with E-state index in [2.05, 4.69) is 35.1 Å². The van der Waals surface area contributed by atoms with Gasteiger partial charge in [-0.1, -0.05) is 30.9 Å². The molecule has 0 saturated carbocycles. The molecule has 1 amide bonds. The minimum atomic E-state index is -0.151. The lowest BCUT2D eigenvalue weighted by molar-refractivity contribution is 0.0678. The first-order valence-electron chi connectivity index (χ1n) is 9.47. The molecule has 2 heterocycles. The fourth-order valence-corrected chi connectivity index (χ4v) is 3.69. The van der Waals surface area contributed by atoms with E-state index in [-0.39, 0.29) is 18.1 Å². The van der Waals surface area contributed by atoms with Gasteiger partial charge in [0.25, 0.3) is 5.91 Å². The Hall–Kier alpha value is -2.66. The summed E-state index contributed by atoms with van der Waals surface area (Å²) < 4.78 is 11.2. The number of nitrogens with zero attached hydrogens (tertiary/aromatic N) is 1. The molecule has 1 saturated heterocycles. The van der Waals surface area contributed by atoms with Crippen molar-refractivity contribution in [2.75, 3.05) is 13.2 Å². The maximum atomic E-state index is 12.5. The van der Waals surface area contributed by atoms with Gasteiger partial charge in [0.05, 0.1) is 12.3 Å². The third-order valence-electron chi connectivity index (χ3n) is 5.16. The second kappa shape index (κ2) is 7.92. The van der Waals surface area contributed by atoms with Crippen LogP contribution in [0.25, 0.3) is 6.08 Å². The minimum Gasteiger partial charge on any atom is -0.489 e. The summed E-state index contributed by atoms with van der Waals surface area (Å²) in [6.07, 6.45) is 7.42. The van der Waals surface area contributed by atoms with Crippen molar-refractivity contribution in [1.82, 2.24) is 10.3 Å². The van der Waals surface area contributed by atoms with Crippen LogP contribution in [-0.2, 0) is 17.6 Å². The first kappa shape index (κ1) is 17.7. The third-order valence-corrected chi connectivity index (χ3v) is 5.16. The number of aromatic nitrogens is 1. The molecule has 0 unspecified atom stereocenters. The molecule has 5 nitrogen and oxygen atoms in total. The van der Waals surface area contributed by atoms with Crippen LogP contribution in [0, 0.1) is 0 Å². The summed E-state index contributed by atoms with van der Waals surface area (Å²) in [5.41, 5.74) is 4.09. The maximum Gasteiger partial charge on any atom is 0.270 e. The molecule has 5 heteroatoms. The second-order valence-electron chi connectivity index (χ2n) is 7.14. The van der Waals surface area contributed by atoms with Gasteiger partial charge >= 0.3 is 0 Å². The molecule has 140 valence electrons. The van der Waals surface area contributed by atoms with Crippen LogP contribution in [0.1, 0.15) is 40.0 Å². The number of hydrogen-bond donors (Lipinski definition) is 1. The van der Waals surface area contributed by atoms with Gasteiger partial charge in [0, 0.05) is 12.6 Å². The van der Waals surface area contributed by atoms with Gasteiger partial charge in [-0.15, -0.1) is 0 Å². The molecule has 1 aliphatic heterocycles. The second-order valence-corrected chi connectivity index (χ2v) is 7.14. The van der Waals surface area contributed by atoms with Gasteiger partial charge in [-0.3, -0.25) is 4.79 Å². The number of amides is 1. The highest BCUT2D eigenvalue weighted by Gasteiger charge is 2.24. The largest absolute Gasteiger partial charge is 0.489 e. The van der Waals surface area contributed by atoms with E-state index in [1.165, 1.54) is 11.1 Å². The third kappa shape index (κ3) is 4.19. The van der Waals surface area contributed by atoms with Gasteiger partial charge < -0.3 is 14.8 Å². The molecule has 27 heavy (non-hydrogen) atoms. The van der Waals surface area contributed by atoms with Gasteiger partial charge in [-0.25, -0.2) is 4.98 Å². The van der Waals surface area contributed by atoms with Gasteiger partial charge in [0.1, 0.15) is 18.1 Å². The van der Waals surface area contributed by atoms with E-state index in [9.17, 15) is 4.79 Å². The molecule has 0 spiro atoms. The molecule has 1 fully saturated rings. The summed E-state index contributed by atoms with van der Waals surface area (Å²) in [5, 5.41) is 3.09. The lowest BCUT2D eigenvalue weighted by Gasteiger charge is -2.13. The maximum absolute atomic E-state index is 12.5. The fourth-order valence-electron chi connectivity index (χ4n) is 3.69. The van der Waals surface area contributed by atoms with Crippen LogP contribution in [0.15, 0.2) is 43.1 Å². The quantitative estimate of drug-likeness (QED) is 0.855. The molecule has 1 N–H and O–H groups in total. The number of ether oxygens (including phenoxy) is 2. The number of benzene rings is 1. The van der Waals surface area contributed by atoms with Crippen molar-refractivity contribution >= 4 is 12.0 Å². The number of carbonyl (C=O) groups is 1. The Morgan fingerprint density at radius 3 is 2.93 bits per heavy atom. The summed E-state index contributed by atoms with van der Waals surface area (Å²) in [4.78, 5) is 16.8. The standard InChI is InChI=1S/C22H24N2O3/c1-2-15-5-6-16-11-18(12-17(16)10-15)24-22(25)21-8-7-19(13-23-21)27-14-20-4-3-9-26-20/h2,5-8,10,13,18,20H,1,3-4,9,11-12,14H2,(H,24,25)/t18-,20+/m1/s1. The van der Waals surface area contributed by atoms with E-state index in [0.29, 0.717) is 18.1 Å². The van der Waals surface area contributed by atoms with Crippen LogP contribution >= 0.6 is 0 Å². The van der Waals surface area contributed by atoms with Crippen LogP contribution < -0.4 is 10.1 Å². The molecular formula is C22H24N2O3. The molecule has 1 aromatic heterocycles. The summed E-state index contributed by atoms with van der Waals surface area (Å²) in [6.45, 7) is 5.15. The number of rotatable bonds is 6. The van der Waals surface area contributed by atoms with Crippen molar-refractivity contribution in [2.24, 2.45) is 0 Å². The zero-order valence-corrected chi connectivity index (χ0v) is 15.3. The lowest BCUT2D eigenvalue weighted by Crippen LogP contribution is -2.35. The van der Waals surface area contributed by atoms with Crippen molar-refractivity contribution < 1.29 is 14.3 Å². The average Bonchev–Trinajstić information content (AvgIpc) is 3.35. The highest BCUT2D eigenvalue weighted by molar-refractivity contribution is 5.92. The molecule has 1 aliphatic carbocycles. The number of hydrogen-bond acceptors (Lipinski definition) is 4. The molecule has 2 aliphatic rings. The molecule has 2 aromatic rings. The van der Waals surface area contributed by atoms with Crippen molar-refractivity contribution in [3.63, 3.8) is 0 Å². The zero-order chi connectivity index (χ0) is 18.6. The monoisotopic (exact) mass is 364 g/mol. The lowest BCUT2D eigenvalue weighted by atomic mass is 10.1. The molecule has 2 atom stereocenters. The van der Waals surface area contributed by atoms with Crippen LogP contribution in [0.2, 0.25) is 0 Å². The average molecular weight is 364 g/mol. The fraction of sp³-hybridized carbons (Fsp3) is 0.364. The smallest absolute Gasteiger partial charge is 0.270 e. The number of fused-ring (bicyclic) bond motifs is 1. The zero-order valence-electron chi connectivity index (χ0n) is 15.3. The summed E-state index contributed by atoms with van der Waals surface area (Å²) in [7, 11) is 0. The van der Waals surface area contributed by atoms with Crippen LogP contribution in [-0.4, -0.2) is 36.3 Å². The normalized spacial score (nSPS) is 20.9. The van der Waals surface area contributed by atoms with Gasteiger partial charge in [-0.05, 0) is 54.5 Å². The van der Waals surface area contributed by atoms with E-state index in [4.69, 9.17) is 9.47 Å². The van der Waals surface area contributed by atoms with Crippen molar-refractivity contribution in [2.45, 2.75) is 37.8 Å². The summed E-state index contributed by atoms with van der Waals surface area (Å²) >= 11 is 0. The van der Waals surface area contributed by atoms with Crippen LogP contribution in [0.4, 0.5) is 0 Å². The van der Waals surface area contributed by atoms with Crippen molar-refractivity contribution in [3.05, 3.63) is 65.5 Å². The molecular weight excluding hydrogens is 340 g/mol. The molecule has 0 bridgehead atoms. The Labute approximate surface area is 159 Å². The van der Waals surface area contributed by atoms with Gasteiger partial charge in [-0.2, -0.15) is 0 Å². The number of nitrogens with one attached hydrogen (secondary N) is 1. The SMILES string of the molecule is C=Cc1ccc2c(c1)C[C@H](NC(=O)c1ccc(OC[C@@H]3CCCO3)cn1)C2. The van der Waals surface area contributed by atoms with Crippen molar-refractivity contribution in [1.29, 1.82) is 0 Å². The Kier molecular flexibility index (Phi) is 5.21. The summed E-state index contributed by atoms with van der Waals surface area (Å²) in [6, 6.07) is 9.93. The Morgan fingerprint density at radius 2 is 2.19 bits per heavy atom. The highest BCUT2D eigenvalue weighted by Crippen LogP contribution is 2.24. The Balaban J connectivity index is 1.31. The topological polar surface area (TPSA) is 60.5 Å². The predicted octanol–water partition coefficient (Wildman–Crippen LogP) is 3.18. The van der Waals surface area contributed by atoms with E-state index in [0.717, 1.165) is 37.9 Å². The number of carbonyl (C=O) groups excluding carboxylic acids is 1. The predicted molar refractivity (Wildman–Crippen MR) is 104 cm³/mol. The Bertz CT molecular complexity index is 826. The van der Waals surface area contributed by atoms with E-state index < -0.39 is 0 Å². The van der Waals surface area contributed by atoms with Crippen molar-refractivity contribution in [3.8, 4) is 5.75 Å². The minimum absolute atomic E-state index is 0.102. The van der Waals surface area contributed by atoms with Gasteiger partial charge in [0.15, 0.2) is 0 Å².